The molecule has 1 N–H and O–H groups in total. The second kappa shape index (κ2) is 5.24. The van der Waals surface area contributed by atoms with Crippen molar-refractivity contribution in [2.75, 3.05) is 0 Å². The number of rotatable bonds is 1. The number of hydrogen-bond donors (Lipinski definition) is 1. The molecule has 0 amide bonds. The van der Waals surface area contributed by atoms with E-state index in [9.17, 15) is 18.1 Å². The molecule has 0 saturated heterocycles. The van der Waals surface area contributed by atoms with Gasteiger partial charge < -0.3 is 9.66 Å². The quantitative estimate of drug-likeness (QED) is 0.457. The van der Waals surface area contributed by atoms with E-state index in [2.05, 4.69) is 20.8 Å². The maximum Gasteiger partial charge on any atom is 1.00 e. The van der Waals surface area contributed by atoms with Crippen molar-refractivity contribution in [3.63, 3.8) is 0 Å². The zero-order chi connectivity index (χ0) is 11.9. The third kappa shape index (κ3) is 3.68. The Hall–Kier alpha value is 0.870. The minimum atomic E-state index is -4.59. The average molecular weight is 258 g/mol. The third-order valence-electron chi connectivity index (χ3n) is 3.46. The largest absolute Gasteiger partial charge is 1.00 e. The summed E-state index contributed by atoms with van der Waals surface area (Å²) >= 11 is 0. The van der Waals surface area contributed by atoms with E-state index in [4.69, 9.17) is 0 Å². The van der Waals surface area contributed by atoms with Crippen molar-refractivity contribution in [2.45, 2.75) is 51.4 Å². The molecule has 0 heterocycles. The molecule has 0 atom stereocenters. The van der Waals surface area contributed by atoms with E-state index in [1.165, 1.54) is 0 Å². The van der Waals surface area contributed by atoms with Crippen molar-refractivity contribution in [1.82, 2.24) is 0 Å². The second-order valence-corrected chi connectivity index (χ2v) is 7.21. The molecule has 1 aliphatic carbocycles. The zero-order valence-electron chi connectivity index (χ0n) is 10.5. The summed E-state index contributed by atoms with van der Waals surface area (Å²) in [5, 5.41) is 9.69. The summed E-state index contributed by atoms with van der Waals surface area (Å²) in [6.07, 6.45) is 1.34. The van der Waals surface area contributed by atoms with Crippen molar-refractivity contribution in [3.8, 4) is 0 Å². The van der Waals surface area contributed by atoms with Gasteiger partial charge in [-0.1, -0.05) is 20.8 Å². The normalized spacial score (nSPS) is 31.9. The predicted octanol–water partition coefficient (Wildman–Crippen LogP) is -1.54. The molecule has 16 heavy (non-hydrogen) atoms. The van der Waals surface area contributed by atoms with Crippen LogP contribution in [0.3, 0.4) is 0 Å². The van der Waals surface area contributed by atoms with E-state index < -0.39 is 15.1 Å². The maximum atomic E-state index is 10.9. The first-order chi connectivity index (χ1) is 6.56. The van der Waals surface area contributed by atoms with Crippen LogP contribution >= 0.6 is 0 Å². The first kappa shape index (κ1) is 16.9. The number of hydrogen-bond acceptors (Lipinski definition) is 4. The van der Waals surface area contributed by atoms with Crippen molar-refractivity contribution >= 4 is 10.1 Å². The van der Waals surface area contributed by atoms with Gasteiger partial charge in [-0.3, -0.25) is 0 Å². The standard InChI is InChI=1S/C10H20O4S.Na/c1-9(2,3)8-4-6-10(11,7-5-8)15(12,13)14;/h8,11H,4-7H2,1-3H3,(H,12,13,14);/q;+1/p-1. The molecule has 0 unspecified atom stereocenters. The maximum absolute atomic E-state index is 10.9. The Bertz CT molecular complexity index is 323. The van der Waals surface area contributed by atoms with Crippen LogP contribution in [0.25, 0.3) is 0 Å². The van der Waals surface area contributed by atoms with Gasteiger partial charge in [0.05, 0.1) is 0 Å². The van der Waals surface area contributed by atoms with Gasteiger partial charge in [0.2, 0.25) is 0 Å². The summed E-state index contributed by atoms with van der Waals surface area (Å²) in [6, 6.07) is 0. The number of aliphatic hydroxyl groups is 1. The van der Waals surface area contributed by atoms with Crippen molar-refractivity contribution in [1.29, 1.82) is 0 Å². The SMILES string of the molecule is CC(C)(C)C1CCC(O)(S(=O)(=O)[O-])CC1.[Na+]. The van der Waals surface area contributed by atoms with E-state index in [0.29, 0.717) is 18.8 Å². The van der Waals surface area contributed by atoms with Gasteiger partial charge in [0.1, 0.15) is 10.1 Å². The Morgan fingerprint density at radius 1 is 1.25 bits per heavy atom. The Balaban J connectivity index is 0.00000225. The minimum Gasteiger partial charge on any atom is -0.746 e. The molecule has 0 aliphatic heterocycles. The van der Waals surface area contributed by atoms with Crippen molar-refractivity contribution in [2.24, 2.45) is 11.3 Å². The van der Waals surface area contributed by atoms with Gasteiger partial charge in [-0.05, 0) is 37.0 Å². The molecule has 6 heteroatoms. The smallest absolute Gasteiger partial charge is 0.746 e. The molecule has 0 aromatic carbocycles. The van der Waals surface area contributed by atoms with Gasteiger partial charge >= 0.3 is 29.6 Å². The molecule has 1 aliphatic rings. The third-order valence-corrected chi connectivity index (χ3v) is 4.80. The summed E-state index contributed by atoms with van der Waals surface area (Å²) in [4.78, 5) is -2.02. The van der Waals surface area contributed by atoms with Crippen LogP contribution in [0.2, 0.25) is 0 Å². The predicted molar refractivity (Wildman–Crippen MR) is 56.1 cm³/mol. The molecule has 90 valence electrons. The van der Waals surface area contributed by atoms with Crippen LogP contribution in [0, 0.1) is 11.3 Å². The minimum absolute atomic E-state index is 0. The fourth-order valence-electron chi connectivity index (χ4n) is 2.18. The topological polar surface area (TPSA) is 77.4 Å². The summed E-state index contributed by atoms with van der Waals surface area (Å²) in [7, 11) is -4.59. The molecule has 1 saturated carbocycles. The molecule has 0 aromatic heterocycles. The van der Waals surface area contributed by atoms with Crippen LogP contribution in [-0.4, -0.2) is 23.0 Å². The summed E-state index contributed by atoms with van der Waals surface area (Å²) in [5.74, 6) is 0.375. The summed E-state index contributed by atoms with van der Waals surface area (Å²) in [5.41, 5.74) is 0.105. The van der Waals surface area contributed by atoms with E-state index in [-0.39, 0.29) is 47.8 Å². The van der Waals surface area contributed by atoms with E-state index in [1.54, 1.807) is 0 Å². The zero-order valence-corrected chi connectivity index (χ0v) is 13.3. The van der Waals surface area contributed by atoms with Gasteiger partial charge in [-0.25, -0.2) is 8.42 Å². The Morgan fingerprint density at radius 3 is 1.88 bits per heavy atom. The molecular weight excluding hydrogens is 239 g/mol. The second-order valence-electron chi connectivity index (χ2n) is 5.54. The first-order valence-electron chi connectivity index (χ1n) is 5.24. The molecule has 0 bridgehead atoms. The molecule has 0 aromatic rings. The van der Waals surface area contributed by atoms with Crippen LogP contribution in [0.4, 0.5) is 0 Å². The van der Waals surface area contributed by atoms with E-state index >= 15 is 0 Å². The van der Waals surface area contributed by atoms with Crippen LogP contribution < -0.4 is 29.6 Å². The van der Waals surface area contributed by atoms with Gasteiger partial charge in [0.25, 0.3) is 0 Å². The monoisotopic (exact) mass is 258 g/mol. The fourth-order valence-corrected chi connectivity index (χ4v) is 2.92. The molecular formula is C10H19NaO4S. The molecule has 0 spiro atoms. The molecule has 1 rings (SSSR count). The van der Waals surface area contributed by atoms with E-state index in [0.717, 1.165) is 0 Å². The van der Waals surface area contributed by atoms with E-state index in [1.807, 2.05) is 0 Å². The van der Waals surface area contributed by atoms with Gasteiger partial charge in [-0.2, -0.15) is 0 Å². The van der Waals surface area contributed by atoms with Crippen LogP contribution in [0.1, 0.15) is 46.5 Å². The summed E-state index contributed by atoms with van der Waals surface area (Å²) in [6.45, 7) is 6.27. The van der Waals surface area contributed by atoms with Crippen molar-refractivity contribution in [3.05, 3.63) is 0 Å². The fraction of sp³-hybridized carbons (Fsp3) is 1.00. The molecule has 0 radical (unpaired) electrons. The Kier molecular flexibility index (Phi) is 5.53. The average Bonchev–Trinajstić information content (AvgIpc) is 2.01. The van der Waals surface area contributed by atoms with Gasteiger partial charge in [0.15, 0.2) is 4.93 Å². The van der Waals surface area contributed by atoms with Gasteiger partial charge in [0, 0.05) is 0 Å². The van der Waals surface area contributed by atoms with Crippen molar-refractivity contribution < 1.29 is 47.6 Å². The molecule has 4 nitrogen and oxygen atoms in total. The Labute approximate surface area is 120 Å². The summed E-state index contributed by atoms with van der Waals surface area (Å²) < 4.78 is 32.6. The Morgan fingerprint density at radius 2 is 1.62 bits per heavy atom. The molecule has 1 fully saturated rings. The first-order valence-corrected chi connectivity index (χ1v) is 6.65. The van der Waals surface area contributed by atoms with Crippen LogP contribution in [0.5, 0.6) is 0 Å². The van der Waals surface area contributed by atoms with Crippen LogP contribution in [0.15, 0.2) is 0 Å². The van der Waals surface area contributed by atoms with Crippen LogP contribution in [-0.2, 0) is 10.1 Å². The van der Waals surface area contributed by atoms with Gasteiger partial charge in [-0.15, -0.1) is 0 Å².